The lowest BCUT2D eigenvalue weighted by Crippen LogP contribution is -2.28. The largest absolute Gasteiger partial charge is 0.487 e. The molecule has 128 valence electrons. The molecule has 1 unspecified atom stereocenters. The number of para-hydroxylation sites is 1. The van der Waals surface area contributed by atoms with Crippen LogP contribution < -0.4 is 10.1 Å². The van der Waals surface area contributed by atoms with Crippen molar-refractivity contribution in [1.29, 1.82) is 0 Å². The number of benzene rings is 2. The molecule has 0 radical (unpaired) electrons. The summed E-state index contributed by atoms with van der Waals surface area (Å²) in [6, 6.07) is 14.3. The van der Waals surface area contributed by atoms with E-state index in [0.29, 0.717) is 22.0 Å². The first-order valence-electron chi connectivity index (χ1n) is 7.82. The highest BCUT2D eigenvalue weighted by atomic mass is 35.5. The summed E-state index contributed by atoms with van der Waals surface area (Å²) in [5.41, 5.74) is -0.0850. The third-order valence-corrected chi connectivity index (χ3v) is 3.79. The first kappa shape index (κ1) is 18.3. The van der Waals surface area contributed by atoms with E-state index in [4.69, 9.17) is 16.3 Å². The quantitative estimate of drug-likeness (QED) is 0.816. The Labute approximate surface area is 147 Å². The van der Waals surface area contributed by atoms with Gasteiger partial charge >= 0.3 is 0 Å². The molecule has 0 saturated heterocycles. The van der Waals surface area contributed by atoms with Crippen LogP contribution in [0, 0.1) is 0 Å². The maximum atomic E-state index is 12.4. The highest BCUT2D eigenvalue weighted by molar-refractivity contribution is 6.32. The number of halogens is 1. The van der Waals surface area contributed by atoms with Crippen LogP contribution in [0.25, 0.3) is 0 Å². The Balaban J connectivity index is 2.14. The molecule has 0 aliphatic rings. The summed E-state index contributed by atoms with van der Waals surface area (Å²) in [4.78, 5) is 12.4. The molecule has 1 amide bonds. The minimum Gasteiger partial charge on any atom is -0.487 e. The highest BCUT2D eigenvalue weighted by Crippen LogP contribution is 2.34. The van der Waals surface area contributed by atoms with Gasteiger partial charge in [0.15, 0.2) is 5.75 Å². The smallest absolute Gasteiger partial charge is 0.227 e. The molecule has 24 heavy (non-hydrogen) atoms. The fourth-order valence-corrected chi connectivity index (χ4v) is 2.59. The van der Waals surface area contributed by atoms with E-state index in [1.165, 1.54) is 0 Å². The Kier molecular flexibility index (Phi) is 5.86. The van der Waals surface area contributed by atoms with Crippen LogP contribution in [-0.4, -0.2) is 17.1 Å². The second-order valence-corrected chi connectivity index (χ2v) is 6.56. The van der Waals surface area contributed by atoms with Crippen LogP contribution in [0.3, 0.4) is 0 Å². The molecule has 0 fully saturated rings. The maximum absolute atomic E-state index is 12.4. The molecule has 0 bridgehead atoms. The minimum atomic E-state index is -1.26. The summed E-state index contributed by atoms with van der Waals surface area (Å²) < 4.78 is 5.68. The van der Waals surface area contributed by atoms with Crippen molar-refractivity contribution in [3.63, 3.8) is 0 Å². The third-order valence-electron chi connectivity index (χ3n) is 3.50. The van der Waals surface area contributed by atoms with E-state index in [-0.39, 0.29) is 18.4 Å². The van der Waals surface area contributed by atoms with E-state index >= 15 is 0 Å². The number of hydrogen-bond acceptors (Lipinski definition) is 3. The Bertz CT molecular complexity index is 699. The van der Waals surface area contributed by atoms with Crippen LogP contribution >= 0.6 is 11.6 Å². The standard InChI is InChI=1S/C19H22ClNO3/c1-13(2)24-18-15(20)10-7-11-16(18)21-17(22)12-19(3,23)14-8-5-4-6-9-14/h4-11,13,23H,12H2,1-3H3,(H,21,22). The van der Waals surface area contributed by atoms with Crippen molar-refractivity contribution in [1.82, 2.24) is 0 Å². The number of carbonyl (C=O) groups is 1. The van der Waals surface area contributed by atoms with Gasteiger partial charge in [0.2, 0.25) is 5.91 Å². The maximum Gasteiger partial charge on any atom is 0.227 e. The van der Waals surface area contributed by atoms with Gasteiger partial charge in [0.1, 0.15) is 0 Å². The van der Waals surface area contributed by atoms with Gasteiger partial charge in [-0.15, -0.1) is 0 Å². The second-order valence-electron chi connectivity index (χ2n) is 6.15. The van der Waals surface area contributed by atoms with Gasteiger partial charge in [-0.25, -0.2) is 0 Å². The molecule has 2 aromatic rings. The fourth-order valence-electron chi connectivity index (χ4n) is 2.37. The molecular weight excluding hydrogens is 326 g/mol. The zero-order valence-corrected chi connectivity index (χ0v) is 14.8. The Hall–Kier alpha value is -2.04. The molecule has 0 aliphatic heterocycles. The van der Waals surface area contributed by atoms with Crippen molar-refractivity contribution in [3.05, 3.63) is 59.1 Å². The zero-order valence-electron chi connectivity index (χ0n) is 14.0. The van der Waals surface area contributed by atoms with Gasteiger partial charge in [0.05, 0.1) is 28.8 Å². The summed E-state index contributed by atoms with van der Waals surface area (Å²) in [6.45, 7) is 5.38. The summed E-state index contributed by atoms with van der Waals surface area (Å²) in [5.74, 6) is 0.113. The number of anilines is 1. The average molecular weight is 348 g/mol. The normalized spacial score (nSPS) is 13.4. The Morgan fingerprint density at radius 3 is 2.50 bits per heavy atom. The lowest BCUT2D eigenvalue weighted by molar-refractivity contribution is -0.120. The molecule has 0 aliphatic carbocycles. The van der Waals surface area contributed by atoms with E-state index in [9.17, 15) is 9.90 Å². The summed E-state index contributed by atoms with van der Waals surface area (Å²) in [6.07, 6.45) is -0.155. The van der Waals surface area contributed by atoms with Crippen molar-refractivity contribution in [2.45, 2.75) is 38.9 Å². The molecule has 0 aromatic heterocycles. The Morgan fingerprint density at radius 2 is 1.88 bits per heavy atom. The van der Waals surface area contributed by atoms with Crippen LogP contribution in [0.4, 0.5) is 5.69 Å². The van der Waals surface area contributed by atoms with E-state index in [2.05, 4.69) is 5.32 Å². The molecule has 1 atom stereocenters. The van der Waals surface area contributed by atoms with Crippen molar-refractivity contribution in [3.8, 4) is 5.75 Å². The predicted molar refractivity (Wildman–Crippen MR) is 96.5 cm³/mol. The number of aliphatic hydroxyl groups is 1. The first-order valence-corrected chi connectivity index (χ1v) is 8.20. The highest BCUT2D eigenvalue weighted by Gasteiger charge is 2.27. The monoisotopic (exact) mass is 347 g/mol. The summed E-state index contributed by atoms with van der Waals surface area (Å²) in [7, 11) is 0. The van der Waals surface area contributed by atoms with Crippen LogP contribution in [0.5, 0.6) is 5.75 Å². The number of ether oxygens (including phenoxy) is 1. The lowest BCUT2D eigenvalue weighted by Gasteiger charge is -2.24. The van der Waals surface area contributed by atoms with Crippen molar-refractivity contribution >= 4 is 23.2 Å². The van der Waals surface area contributed by atoms with Crippen LogP contribution in [0.1, 0.15) is 32.8 Å². The summed E-state index contributed by atoms with van der Waals surface area (Å²) >= 11 is 6.16. The fraction of sp³-hybridized carbons (Fsp3) is 0.316. The van der Waals surface area contributed by atoms with Crippen molar-refractivity contribution in [2.24, 2.45) is 0 Å². The summed E-state index contributed by atoms with van der Waals surface area (Å²) in [5, 5.41) is 13.8. The topological polar surface area (TPSA) is 58.6 Å². The van der Waals surface area contributed by atoms with Crippen LogP contribution in [-0.2, 0) is 10.4 Å². The average Bonchev–Trinajstić information content (AvgIpc) is 2.51. The molecule has 0 spiro atoms. The Morgan fingerprint density at radius 1 is 1.21 bits per heavy atom. The SMILES string of the molecule is CC(C)Oc1c(Cl)cccc1NC(=O)CC(C)(O)c1ccccc1. The van der Waals surface area contributed by atoms with E-state index in [1.54, 1.807) is 37.3 Å². The van der Waals surface area contributed by atoms with Crippen molar-refractivity contribution < 1.29 is 14.6 Å². The van der Waals surface area contributed by atoms with Gasteiger partial charge < -0.3 is 15.2 Å². The zero-order chi connectivity index (χ0) is 17.7. The molecular formula is C19H22ClNO3. The van der Waals surface area contributed by atoms with Gasteiger partial charge in [-0.3, -0.25) is 4.79 Å². The number of nitrogens with one attached hydrogen (secondary N) is 1. The number of rotatable bonds is 6. The van der Waals surface area contributed by atoms with Gasteiger partial charge in [0, 0.05) is 0 Å². The van der Waals surface area contributed by atoms with E-state index in [1.807, 2.05) is 32.0 Å². The lowest BCUT2D eigenvalue weighted by atomic mass is 9.92. The van der Waals surface area contributed by atoms with E-state index < -0.39 is 5.60 Å². The number of amides is 1. The van der Waals surface area contributed by atoms with Crippen LogP contribution in [0.2, 0.25) is 5.02 Å². The molecule has 5 heteroatoms. The van der Waals surface area contributed by atoms with Crippen molar-refractivity contribution in [2.75, 3.05) is 5.32 Å². The molecule has 4 nitrogen and oxygen atoms in total. The molecule has 0 saturated carbocycles. The molecule has 2 rings (SSSR count). The second kappa shape index (κ2) is 7.69. The van der Waals surface area contributed by atoms with Gasteiger partial charge in [-0.2, -0.15) is 0 Å². The van der Waals surface area contributed by atoms with E-state index in [0.717, 1.165) is 0 Å². The van der Waals surface area contributed by atoms with Gasteiger partial charge in [-0.1, -0.05) is 48.0 Å². The van der Waals surface area contributed by atoms with Gasteiger partial charge in [-0.05, 0) is 38.5 Å². The third kappa shape index (κ3) is 4.73. The number of carbonyl (C=O) groups excluding carboxylic acids is 1. The predicted octanol–water partition coefficient (Wildman–Crippen LogP) is 4.36. The molecule has 2 aromatic carbocycles. The van der Waals surface area contributed by atoms with Gasteiger partial charge in [0.25, 0.3) is 0 Å². The first-order chi connectivity index (χ1) is 11.3. The molecule has 2 N–H and O–H groups in total. The molecule has 0 heterocycles. The number of hydrogen-bond donors (Lipinski definition) is 2. The van der Waals surface area contributed by atoms with Crippen LogP contribution in [0.15, 0.2) is 48.5 Å². The minimum absolute atomic E-state index is 0.0759.